The van der Waals surface area contributed by atoms with E-state index < -0.39 is 23.8 Å². The van der Waals surface area contributed by atoms with Gasteiger partial charge < -0.3 is 15.3 Å². The van der Waals surface area contributed by atoms with Crippen LogP contribution in [0.2, 0.25) is 0 Å². The Kier molecular flexibility index (Phi) is 5.34. The van der Waals surface area contributed by atoms with E-state index >= 15 is 0 Å². The number of rotatable bonds is 3. The molecule has 0 radical (unpaired) electrons. The number of benzene rings is 1. The van der Waals surface area contributed by atoms with Crippen molar-refractivity contribution in [1.29, 1.82) is 0 Å². The van der Waals surface area contributed by atoms with Crippen LogP contribution in [0.3, 0.4) is 0 Å². The van der Waals surface area contributed by atoms with Crippen molar-refractivity contribution >= 4 is 6.03 Å². The van der Waals surface area contributed by atoms with E-state index in [1.54, 1.807) is 18.7 Å². The van der Waals surface area contributed by atoms with Gasteiger partial charge in [-0.2, -0.15) is 0 Å². The molecular formula is C16H22F2N2O2. The maximum absolute atomic E-state index is 13.7. The van der Waals surface area contributed by atoms with Crippen molar-refractivity contribution < 1.29 is 18.7 Å². The standard InChI is InChI=1S/C16H22F2N2O2/c1-10(13-6-3-7-14(17)15(13)18)19-16(22)20-8-4-5-12(9-20)11(2)21/h3,6-7,10-12,21H,4-5,8-9H2,1-2H3,(H,19,22). The molecule has 6 heteroatoms. The Hall–Kier alpha value is -1.69. The molecule has 0 spiro atoms. The number of carbonyl (C=O) groups is 1. The lowest BCUT2D eigenvalue weighted by atomic mass is 9.93. The quantitative estimate of drug-likeness (QED) is 0.902. The van der Waals surface area contributed by atoms with Gasteiger partial charge in [0.05, 0.1) is 12.1 Å². The Bertz CT molecular complexity index is 537. The summed E-state index contributed by atoms with van der Waals surface area (Å²) in [6.45, 7) is 4.41. The largest absolute Gasteiger partial charge is 0.393 e. The number of aliphatic hydroxyl groups excluding tert-OH is 1. The van der Waals surface area contributed by atoms with Gasteiger partial charge >= 0.3 is 6.03 Å². The molecule has 0 bridgehead atoms. The molecule has 2 rings (SSSR count). The van der Waals surface area contributed by atoms with Crippen molar-refractivity contribution in [3.63, 3.8) is 0 Å². The zero-order chi connectivity index (χ0) is 16.3. The van der Waals surface area contributed by atoms with Crippen LogP contribution in [-0.2, 0) is 0 Å². The first kappa shape index (κ1) is 16.7. The van der Waals surface area contributed by atoms with E-state index in [-0.39, 0.29) is 17.5 Å². The fourth-order valence-electron chi connectivity index (χ4n) is 2.80. The van der Waals surface area contributed by atoms with Crippen LogP contribution in [0.1, 0.15) is 38.3 Å². The number of nitrogens with one attached hydrogen (secondary N) is 1. The first-order valence-electron chi connectivity index (χ1n) is 7.57. The van der Waals surface area contributed by atoms with E-state index in [4.69, 9.17) is 0 Å². The average molecular weight is 312 g/mol. The summed E-state index contributed by atoms with van der Waals surface area (Å²) < 4.78 is 27.0. The monoisotopic (exact) mass is 312 g/mol. The number of halogens is 2. The Labute approximate surface area is 129 Å². The molecular weight excluding hydrogens is 290 g/mol. The molecule has 22 heavy (non-hydrogen) atoms. The SMILES string of the molecule is CC(NC(=O)N1CCCC(C(C)O)C1)c1cccc(F)c1F. The van der Waals surface area contributed by atoms with Gasteiger partial charge in [0.25, 0.3) is 0 Å². The first-order chi connectivity index (χ1) is 10.4. The molecule has 1 saturated heterocycles. The molecule has 0 aromatic heterocycles. The lowest BCUT2D eigenvalue weighted by molar-refractivity contribution is 0.0734. The van der Waals surface area contributed by atoms with Gasteiger partial charge in [-0.05, 0) is 32.8 Å². The number of hydrogen-bond donors (Lipinski definition) is 2. The molecule has 2 amide bonds. The highest BCUT2D eigenvalue weighted by Gasteiger charge is 2.27. The maximum Gasteiger partial charge on any atom is 0.317 e. The number of hydrogen-bond acceptors (Lipinski definition) is 2. The molecule has 4 nitrogen and oxygen atoms in total. The molecule has 1 aliphatic rings. The van der Waals surface area contributed by atoms with E-state index in [9.17, 15) is 18.7 Å². The molecule has 0 saturated carbocycles. The van der Waals surface area contributed by atoms with E-state index in [1.807, 2.05) is 0 Å². The van der Waals surface area contributed by atoms with Crippen LogP contribution in [-0.4, -0.2) is 35.2 Å². The smallest absolute Gasteiger partial charge is 0.317 e. The van der Waals surface area contributed by atoms with Gasteiger partial charge in [-0.15, -0.1) is 0 Å². The fourth-order valence-corrected chi connectivity index (χ4v) is 2.80. The summed E-state index contributed by atoms with van der Waals surface area (Å²) in [4.78, 5) is 13.9. The van der Waals surface area contributed by atoms with Crippen molar-refractivity contribution in [3.8, 4) is 0 Å². The Morgan fingerprint density at radius 3 is 2.82 bits per heavy atom. The molecule has 0 aliphatic carbocycles. The van der Waals surface area contributed by atoms with Crippen LogP contribution in [0.4, 0.5) is 13.6 Å². The minimum Gasteiger partial charge on any atom is -0.393 e. The second-order valence-corrected chi connectivity index (χ2v) is 5.90. The zero-order valence-electron chi connectivity index (χ0n) is 12.9. The van der Waals surface area contributed by atoms with Crippen LogP contribution in [0.25, 0.3) is 0 Å². The topological polar surface area (TPSA) is 52.6 Å². The summed E-state index contributed by atoms with van der Waals surface area (Å²) in [7, 11) is 0. The lowest BCUT2D eigenvalue weighted by Gasteiger charge is -2.34. The summed E-state index contributed by atoms with van der Waals surface area (Å²) in [6.07, 6.45) is 1.25. The minimum atomic E-state index is -0.934. The van der Waals surface area contributed by atoms with Crippen LogP contribution in [0.5, 0.6) is 0 Å². The first-order valence-corrected chi connectivity index (χ1v) is 7.57. The maximum atomic E-state index is 13.7. The van der Waals surface area contributed by atoms with Crippen molar-refractivity contribution in [2.24, 2.45) is 5.92 Å². The number of nitrogens with zero attached hydrogens (tertiary/aromatic N) is 1. The summed E-state index contributed by atoms with van der Waals surface area (Å²) in [5, 5.41) is 12.3. The highest BCUT2D eigenvalue weighted by Crippen LogP contribution is 2.22. The lowest BCUT2D eigenvalue weighted by Crippen LogP contribution is -2.48. The van der Waals surface area contributed by atoms with Gasteiger partial charge in [0.1, 0.15) is 0 Å². The number of carbonyl (C=O) groups excluding carboxylic acids is 1. The number of aliphatic hydroxyl groups is 1. The predicted molar refractivity (Wildman–Crippen MR) is 79.3 cm³/mol. The van der Waals surface area contributed by atoms with Gasteiger partial charge in [0.15, 0.2) is 11.6 Å². The fraction of sp³-hybridized carbons (Fsp3) is 0.562. The molecule has 1 aromatic rings. The van der Waals surface area contributed by atoms with Gasteiger partial charge in [-0.25, -0.2) is 13.6 Å². The number of amides is 2. The van der Waals surface area contributed by atoms with Gasteiger partial charge in [0, 0.05) is 24.6 Å². The average Bonchev–Trinajstić information content (AvgIpc) is 2.50. The summed E-state index contributed by atoms with van der Waals surface area (Å²) in [5.41, 5.74) is 0.123. The van der Waals surface area contributed by atoms with Crippen molar-refractivity contribution in [3.05, 3.63) is 35.4 Å². The van der Waals surface area contributed by atoms with Crippen molar-refractivity contribution in [2.75, 3.05) is 13.1 Å². The van der Waals surface area contributed by atoms with Crippen LogP contribution >= 0.6 is 0 Å². The van der Waals surface area contributed by atoms with E-state index in [2.05, 4.69) is 5.32 Å². The molecule has 2 N–H and O–H groups in total. The summed E-state index contributed by atoms with van der Waals surface area (Å²) in [5.74, 6) is -1.80. The van der Waals surface area contributed by atoms with Crippen LogP contribution < -0.4 is 5.32 Å². The predicted octanol–water partition coefficient (Wildman–Crippen LogP) is 2.83. The highest BCUT2D eigenvalue weighted by molar-refractivity contribution is 5.74. The minimum absolute atomic E-state index is 0.0562. The zero-order valence-corrected chi connectivity index (χ0v) is 12.9. The Morgan fingerprint density at radius 1 is 1.41 bits per heavy atom. The molecule has 1 aliphatic heterocycles. The van der Waals surface area contributed by atoms with Gasteiger partial charge in [-0.1, -0.05) is 12.1 Å². The van der Waals surface area contributed by atoms with E-state index in [0.717, 1.165) is 18.9 Å². The highest BCUT2D eigenvalue weighted by atomic mass is 19.2. The van der Waals surface area contributed by atoms with E-state index in [0.29, 0.717) is 13.1 Å². The second kappa shape index (κ2) is 7.05. The molecule has 3 atom stereocenters. The van der Waals surface area contributed by atoms with E-state index in [1.165, 1.54) is 12.1 Å². The second-order valence-electron chi connectivity index (χ2n) is 5.90. The third kappa shape index (κ3) is 3.74. The molecule has 3 unspecified atom stereocenters. The van der Waals surface area contributed by atoms with Crippen LogP contribution in [0, 0.1) is 17.6 Å². The van der Waals surface area contributed by atoms with Gasteiger partial charge in [0.2, 0.25) is 0 Å². The van der Waals surface area contributed by atoms with Crippen LogP contribution in [0.15, 0.2) is 18.2 Å². The Balaban J connectivity index is 2.00. The number of likely N-dealkylation sites (tertiary alicyclic amines) is 1. The summed E-state index contributed by atoms with van der Waals surface area (Å²) in [6, 6.07) is 2.97. The summed E-state index contributed by atoms with van der Waals surface area (Å²) >= 11 is 0. The Morgan fingerprint density at radius 2 is 2.14 bits per heavy atom. The molecule has 1 fully saturated rings. The number of piperidine rings is 1. The number of urea groups is 1. The third-order valence-electron chi connectivity index (χ3n) is 4.22. The van der Waals surface area contributed by atoms with Gasteiger partial charge in [-0.3, -0.25) is 0 Å². The molecule has 1 aromatic carbocycles. The van der Waals surface area contributed by atoms with Crippen molar-refractivity contribution in [2.45, 2.75) is 38.8 Å². The molecule has 122 valence electrons. The van der Waals surface area contributed by atoms with Crippen molar-refractivity contribution in [1.82, 2.24) is 10.2 Å². The normalized spacial score (nSPS) is 21.3. The third-order valence-corrected chi connectivity index (χ3v) is 4.22. The molecule has 1 heterocycles.